The van der Waals surface area contributed by atoms with Gasteiger partial charge in [0.15, 0.2) is 11.0 Å². The molecule has 0 aliphatic rings. The molecule has 0 fully saturated rings. The van der Waals surface area contributed by atoms with Crippen molar-refractivity contribution in [2.24, 2.45) is 0 Å². The number of anilines is 2. The molecule has 0 radical (unpaired) electrons. The van der Waals surface area contributed by atoms with E-state index in [1.54, 1.807) is 11.5 Å². The maximum atomic E-state index is 12.9. The first-order valence-electron chi connectivity index (χ1n) is 10.1. The Labute approximate surface area is 196 Å². The summed E-state index contributed by atoms with van der Waals surface area (Å²) in [6, 6.07) is 10.4. The molecule has 1 aromatic heterocycles. The molecule has 2 N–H and O–H groups in total. The van der Waals surface area contributed by atoms with E-state index in [-0.39, 0.29) is 18.1 Å². The van der Waals surface area contributed by atoms with Gasteiger partial charge in [0.25, 0.3) is 5.69 Å². The van der Waals surface area contributed by atoms with Crippen LogP contribution < -0.4 is 10.6 Å². The lowest BCUT2D eigenvalue weighted by Crippen LogP contribution is -2.23. The summed E-state index contributed by atoms with van der Waals surface area (Å²) >= 11 is 1.17. The van der Waals surface area contributed by atoms with Gasteiger partial charge < -0.3 is 15.2 Å². The maximum Gasteiger partial charge on any atom is 0.416 e. The molecule has 1 atom stereocenters. The van der Waals surface area contributed by atoms with Crippen LogP contribution in [0.1, 0.15) is 25.2 Å². The summed E-state index contributed by atoms with van der Waals surface area (Å²) in [5, 5.41) is 24.5. The molecule has 180 valence electrons. The molecule has 34 heavy (non-hydrogen) atoms. The van der Waals surface area contributed by atoms with Gasteiger partial charge in [0, 0.05) is 30.1 Å². The molecule has 3 rings (SSSR count). The van der Waals surface area contributed by atoms with Crippen molar-refractivity contribution in [2.45, 2.75) is 43.5 Å². The minimum atomic E-state index is -4.43. The second kappa shape index (κ2) is 10.5. The van der Waals surface area contributed by atoms with Crippen molar-refractivity contribution in [2.75, 3.05) is 10.6 Å². The number of halogens is 3. The topological polar surface area (TPSA) is 115 Å². The molecule has 0 unspecified atom stereocenters. The van der Waals surface area contributed by atoms with Crippen molar-refractivity contribution in [3.63, 3.8) is 0 Å². The molecular weight excluding hydrogens is 473 g/mol. The Morgan fingerprint density at radius 3 is 2.50 bits per heavy atom. The third kappa shape index (κ3) is 6.25. The van der Waals surface area contributed by atoms with Crippen LogP contribution in [0.4, 0.5) is 30.2 Å². The van der Waals surface area contributed by atoms with Crippen LogP contribution in [0.25, 0.3) is 0 Å². The summed E-state index contributed by atoms with van der Waals surface area (Å²) in [6.45, 7) is 4.18. The average Bonchev–Trinajstić information content (AvgIpc) is 3.18. The van der Waals surface area contributed by atoms with Crippen molar-refractivity contribution in [3.8, 4) is 0 Å². The average molecular weight is 494 g/mol. The van der Waals surface area contributed by atoms with Gasteiger partial charge in [-0.25, -0.2) is 0 Å². The molecular formula is C21H21F3N6O3S. The van der Waals surface area contributed by atoms with Gasteiger partial charge in [-0.15, -0.1) is 10.2 Å². The number of thioether (sulfide) groups is 1. The van der Waals surface area contributed by atoms with Crippen LogP contribution in [-0.4, -0.2) is 30.8 Å². The highest BCUT2D eigenvalue weighted by molar-refractivity contribution is 8.00. The van der Waals surface area contributed by atoms with Crippen molar-refractivity contribution >= 4 is 34.7 Å². The summed E-state index contributed by atoms with van der Waals surface area (Å²) < 4.78 is 40.5. The number of nitrogens with zero attached hydrogens (tertiary/aromatic N) is 4. The minimum absolute atomic E-state index is 0.0808. The standard InChI is InChI=1S/C21H21F3N6O3S/c1-3-29-18(12-25-16-6-4-5-14(11-16)21(22,23)24)27-28-20(29)34-13(2)19(31)26-15-7-9-17(10-8-15)30(32)33/h4-11,13,25H,3,12H2,1-2H3,(H,26,31)/t13-/m1/s1. The van der Waals surface area contributed by atoms with Gasteiger partial charge in [0.05, 0.1) is 22.3 Å². The maximum absolute atomic E-state index is 12.9. The lowest BCUT2D eigenvalue weighted by Gasteiger charge is -2.13. The van der Waals surface area contributed by atoms with Gasteiger partial charge in [-0.2, -0.15) is 13.2 Å². The highest BCUT2D eigenvalue weighted by Crippen LogP contribution is 2.31. The van der Waals surface area contributed by atoms with E-state index >= 15 is 0 Å². The van der Waals surface area contributed by atoms with Crippen LogP contribution in [0.15, 0.2) is 53.7 Å². The Bertz CT molecular complexity index is 1170. The third-order valence-electron chi connectivity index (χ3n) is 4.75. The highest BCUT2D eigenvalue weighted by Gasteiger charge is 2.30. The van der Waals surface area contributed by atoms with Crippen LogP contribution in [0, 0.1) is 10.1 Å². The predicted octanol–water partition coefficient (Wildman–Crippen LogP) is 4.96. The molecule has 0 bridgehead atoms. The number of nitrogens with one attached hydrogen (secondary N) is 2. The molecule has 2 aromatic carbocycles. The van der Waals surface area contributed by atoms with Gasteiger partial charge in [0.2, 0.25) is 5.91 Å². The number of carbonyl (C=O) groups is 1. The van der Waals surface area contributed by atoms with Crippen molar-refractivity contribution < 1.29 is 22.9 Å². The number of alkyl halides is 3. The number of benzene rings is 2. The number of nitro benzene ring substituents is 1. The molecule has 0 spiro atoms. The van der Waals surface area contributed by atoms with Gasteiger partial charge in [-0.1, -0.05) is 17.8 Å². The normalized spacial score (nSPS) is 12.3. The summed E-state index contributed by atoms with van der Waals surface area (Å²) in [5.41, 5.74) is -0.113. The SMILES string of the molecule is CCn1c(CNc2cccc(C(F)(F)F)c2)nnc1S[C@H](C)C(=O)Nc1ccc([N+](=O)[O-])cc1. The zero-order valence-corrected chi connectivity index (χ0v) is 19.0. The summed E-state index contributed by atoms with van der Waals surface area (Å²) in [6.07, 6.45) is -4.43. The lowest BCUT2D eigenvalue weighted by atomic mass is 10.2. The van der Waals surface area contributed by atoms with E-state index in [2.05, 4.69) is 20.8 Å². The van der Waals surface area contributed by atoms with E-state index in [4.69, 9.17) is 0 Å². The van der Waals surface area contributed by atoms with Gasteiger partial charge in [-0.05, 0) is 44.2 Å². The first-order chi connectivity index (χ1) is 16.1. The Morgan fingerprint density at radius 2 is 1.88 bits per heavy atom. The van der Waals surface area contributed by atoms with E-state index in [1.807, 2.05) is 6.92 Å². The molecule has 0 saturated heterocycles. The molecule has 3 aromatic rings. The Morgan fingerprint density at radius 1 is 1.18 bits per heavy atom. The third-order valence-corrected chi connectivity index (χ3v) is 5.83. The lowest BCUT2D eigenvalue weighted by molar-refractivity contribution is -0.384. The summed E-state index contributed by atoms with van der Waals surface area (Å²) in [4.78, 5) is 22.8. The van der Waals surface area contributed by atoms with E-state index < -0.39 is 21.9 Å². The molecule has 0 aliphatic carbocycles. The van der Waals surface area contributed by atoms with Crippen molar-refractivity contribution in [3.05, 3.63) is 70.0 Å². The number of hydrogen-bond acceptors (Lipinski definition) is 7. The van der Waals surface area contributed by atoms with E-state index in [0.717, 1.165) is 12.1 Å². The number of nitro groups is 1. The van der Waals surface area contributed by atoms with E-state index in [0.29, 0.717) is 28.9 Å². The quantitative estimate of drug-likeness (QED) is 0.246. The predicted molar refractivity (Wildman–Crippen MR) is 122 cm³/mol. The molecule has 9 nitrogen and oxygen atoms in total. The number of rotatable bonds is 9. The van der Waals surface area contributed by atoms with E-state index in [1.165, 1.54) is 48.2 Å². The molecule has 1 amide bonds. The van der Waals surface area contributed by atoms with Crippen LogP contribution in [0.3, 0.4) is 0 Å². The zero-order valence-electron chi connectivity index (χ0n) is 18.2. The Kier molecular flexibility index (Phi) is 7.76. The van der Waals surface area contributed by atoms with Crippen molar-refractivity contribution in [1.29, 1.82) is 0 Å². The largest absolute Gasteiger partial charge is 0.416 e. The summed E-state index contributed by atoms with van der Waals surface area (Å²) in [5.74, 6) is 0.179. The van der Waals surface area contributed by atoms with Crippen LogP contribution in [-0.2, 0) is 24.1 Å². The fraction of sp³-hybridized carbons (Fsp3) is 0.286. The molecule has 0 aliphatic heterocycles. The fourth-order valence-corrected chi connectivity index (χ4v) is 3.90. The molecule has 13 heteroatoms. The zero-order chi connectivity index (χ0) is 24.9. The highest BCUT2D eigenvalue weighted by atomic mass is 32.2. The second-order valence-electron chi connectivity index (χ2n) is 7.13. The number of aromatic nitrogens is 3. The first-order valence-corrected chi connectivity index (χ1v) is 11.0. The van der Waals surface area contributed by atoms with Crippen LogP contribution in [0.5, 0.6) is 0 Å². The number of non-ortho nitro benzene ring substituents is 1. The monoisotopic (exact) mass is 494 g/mol. The number of hydrogen-bond donors (Lipinski definition) is 2. The smallest absolute Gasteiger partial charge is 0.378 e. The first kappa shape index (κ1) is 25.0. The Balaban J connectivity index is 1.63. The van der Waals surface area contributed by atoms with Crippen LogP contribution in [0.2, 0.25) is 0 Å². The van der Waals surface area contributed by atoms with E-state index in [9.17, 15) is 28.1 Å². The van der Waals surface area contributed by atoms with Gasteiger partial charge in [0.1, 0.15) is 0 Å². The van der Waals surface area contributed by atoms with Crippen molar-refractivity contribution in [1.82, 2.24) is 14.8 Å². The van der Waals surface area contributed by atoms with Gasteiger partial charge >= 0.3 is 6.18 Å². The van der Waals surface area contributed by atoms with Gasteiger partial charge in [-0.3, -0.25) is 14.9 Å². The second-order valence-corrected chi connectivity index (χ2v) is 8.44. The molecule has 0 saturated carbocycles. The Hall–Kier alpha value is -3.61. The molecule has 1 heterocycles. The summed E-state index contributed by atoms with van der Waals surface area (Å²) in [7, 11) is 0. The number of amides is 1. The number of carbonyl (C=O) groups excluding carboxylic acids is 1. The van der Waals surface area contributed by atoms with Crippen LogP contribution >= 0.6 is 11.8 Å². The minimum Gasteiger partial charge on any atom is -0.378 e. The fourth-order valence-electron chi connectivity index (χ4n) is 2.96.